The summed E-state index contributed by atoms with van der Waals surface area (Å²) in [6, 6.07) is 13.9. The fraction of sp³-hybridized carbons (Fsp3) is 0.190. The molecule has 1 amide bonds. The monoisotopic (exact) mass is 416 g/mol. The first-order valence-electron chi connectivity index (χ1n) is 8.89. The number of aryl methyl sites for hydroxylation is 1. The molecule has 2 aromatic carbocycles. The minimum atomic E-state index is -3.84. The average molecular weight is 416 g/mol. The second kappa shape index (κ2) is 8.59. The zero-order chi connectivity index (χ0) is 21.0. The number of rotatable bonds is 7. The fourth-order valence-corrected chi connectivity index (χ4v) is 3.84. The highest BCUT2D eigenvalue weighted by Crippen LogP contribution is 2.19. The quantitative estimate of drug-likeness (QED) is 0.640. The van der Waals surface area contributed by atoms with E-state index in [1.54, 1.807) is 50.4 Å². The van der Waals surface area contributed by atoms with Gasteiger partial charge in [0.15, 0.2) is 0 Å². The van der Waals surface area contributed by atoms with Crippen molar-refractivity contribution < 1.29 is 22.0 Å². The third-order valence-electron chi connectivity index (χ3n) is 4.48. The van der Waals surface area contributed by atoms with Crippen LogP contribution in [0.5, 0.6) is 0 Å². The van der Waals surface area contributed by atoms with Gasteiger partial charge in [-0.1, -0.05) is 24.3 Å². The van der Waals surface area contributed by atoms with E-state index in [-0.39, 0.29) is 23.5 Å². The SMILES string of the molecule is Cc1ccc(S(=O)(=O)NCc2ccco2)cc1C(=O)N(C)Cc1ccccc1F. The van der Waals surface area contributed by atoms with Crippen LogP contribution < -0.4 is 4.72 Å². The summed E-state index contributed by atoms with van der Waals surface area (Å²) >= 11 is 0. The van der Waals surface area contributed by atoms with Gasteiger partial charge in [0, 0.05) is 24.7 Å². The van der Waals surface area contributed by atoms with Gasteiger partial charge in [-0.2, -0.15) is 0 Å². The van der Waals surface area contributed by atoms with Crippen LogP contribution in [0, 0.1) is 12.7 Å². The number of amides is 1. The molecule has 0 fully saturated rings. The minimum absolute atomic E-state index is 0.000321. The summed E-state index contributed by atoms with van der Waals surface area (Å²) in [6.45, 7) is 1.79. The topological polar surface area (TPSA) is 79.6 Å². The summed E-state index contributed by atoms with van der Waals surface area (Å²) in [4.78, 5) is 14.2. The first-order chi connectivity index (χ1) is 13.8. The van der Waals surface area contributed by atoms with Crippen LogP contribution in [0.4, 0.5) is 4.39 Å². The summed E-state index contributed by atoms with van der Waals surface area (Å²) < 4.78 is 46.6. The molecule has 0 spiro atoms. The van der Waals surface area contributed by atoms with Crippen LogP contribution in [0.1, 0.15) is 27.2 Å². The van der Waals surface area contributed by atoms with Crippen molar-refractivity contribution in [3.63, 3.8) is 0 Å². The van der Waals surface area contributed by atoms with E-state index in [1.807, 2.05) is 0 Å². The Balaban J connectivity index is 1.80. The van der Waals surface area contributed by atoms with Crippen molar-refractivity contribution in [1.29, 1.82) is 0 Å². The molecule has 8 heteroatoms. The highest BCUT2D eigenvalue weighted by Gasteiger charge is 2.21. The fourth-order valence-electron chi connectivity index (χ4n) is 2.82. The third kappa shape index (κ3) is 4.90. The lowest BCUT2D eigenvalue weighted by Gasteiger charge is -2.19. The Bertz CT molecular complexity index is 1110. The number of hydrogen-bond acceptors (Lipinski definition) is 4. The molecule has 3 aromatic rings. The van der Waals surface area contributed by atoms with Crippen molar-refractivity contribution in [2.45, 2.75) is 24.9 Å². The molecule has 0 bridgehead atoms. The average Bonchev–Trinajstić information content (AvgIpc) is 3.21. The molecule has 0 saturated carbocycles. The maximum Gasteiger partial charge on any atom is 0.254 e. The molecule has 29 heavy (non-hydrogen) atoms. The van der Waals surface area contributed by atoms with Crippen LogP contribution in [-0.2, 0) is 23.1 Å². The Kier molecular flexibility index (Phi) is 6.14. The Labute approximate surface area is 169 Å². The third-order valence-corrected chi connectivity index (χ3v) is 5.88. The first-order valence-corrected chi connectivity index (χ1v) is 10.4. The molecule has 1 N–H and O–H groups in total. The Morgan fingerprint density at radius 2 is 1.90 bits per heavy atom. The van der Waals surface area contributed by atoms with Crippen molar-refractivity contribution in [3.8, 4) is 0 Å². The number of nitrogens with zero attached hydrogens (tertiary/aromatic N) is 1. The van der Waals surface area contributed by atoms with Crippen LogP contribution in [0.15, 0.2) is 70.2 Å². The van der Waals surface area contributed by atoms with Gasteiger partial charge in [-0.3, -0.25) is 4.79 Å². The van der Waals surface area contributed by atoms with Gasteiger partial charge >= 0.3 is 0 Å². The van der Waals surface area contributed by atoms with Gasteiger partial charge in [0.1, 0.15) is 11.6 Å². The zero-order valence-electron chi connectivity index (χ0n) is 16.1. The van der Waals surface area contributed by atoms with Gasteiger partial charge in [0.25, 0.3) is 5.91 Å². The standard InChI is InChI=1S/C21H21FN2O4S/c1-15-9-10-18(29(26,27)23-13-17-7-5-11-28-17)12-19(15)21(25)24(2)14-16-6-3-4-8-20(16)22/h3-12,23H,13-14H2,1-2H3. The molecule has 6 nitrogen and oxygen atoms in total. The second-order valence-electron chi connectivity index (χ2n) is 6.63. The summed E-state index contributed by atoms with van der Waals surface area (Å²) in [5.41, 5.74) is 1.25. The van der Waals surface area contributed by atoms with Gasteiger partial charge in [0.05, 0.1) is 17.7 Å². The molecule has 0 aliphatic rings. The molecule has 0 aliphatic heterocycles. The van der Waals surface area contributed by atoms with E-state index in [0.717, 1.165) is 0 Å². The van der Waals surface area contributed by atoms with Crippen molar-refractivity contribution in [2.75, 3.05) is 7.05 Å². The van der Waals surface area contributed by atoms with Crippen LogP contribution >= 0.6 is 0 Å². The summed E-state index contributed by atoms with van der Waals surface area (Å²) in [7, 11) is -2.30. The van der Waals surface area contributed by atoms with Crippen molar-refractivity contribution in [2.24, 2.45) is 0 Å². The Morgan fingerprint density at radius 3 is 2.59 bits per heavy atom. The largest absolute Gasteiger partial charge is 0.468 e. The Hall–Kier alpha value is -2.97. The van der Waals surface area contributed by atoms with Crippen molar-refractivity contribution >= 4 is 15.9 Å². The van der Waals surface area contributed by atoms with E-state index in [4.69, 9.17) is 4.42 Å². The summed E-state index contributed by atoms with van der Waals surface area (Å²) in [5, 5.41) is 0. The van der Waals surface area contributed by atoms with Crippen LogP contribution in [0.3, 0.4) is 0 Å². The van der Waals surface area contributed by atoms with Crippen molar-refractivity contribution in [3.05, 3.63) is 89.1 Å². The van der Waals surface area contributed by atoms with Gasteiger partial charge in [-0.05, 0) is 42.8 Å². The number of nitrogens with one attached hydrogen (secondary N) is 1. The molecule has 152 valence electrons. The van der Waals surface area contributed by atoms with E-state index in [2.05, 4.69) is 4.72 Å². The molecule has 0 atom stereocenters. The highest BCUT2D eigenvalue weighted by molar-refractivity contribution is 7.89. The highest BCUT2D eigenvalue weighted by atomic mass is 32.2. The summed E-state index contributed by atoms with van der Waals surface area (Å²) in [6.07, 6.45) is 1.46. The van der Waals surface area contributed by atoms with E-state index in [1.165, 1.54) is 29.4 Å². The lowest BCUT2D eigenvalue weighted by molar-refractivity contribution is 0.0783. The molecule has 0 radical (unpaired) electrons. The molecule has 3 rings (SSSR count). The van der Waals surface area contributed by atoms with Crippen LogP contribution in [0.2, 0.25) is 0 Å². The van der Waals surface area contributed by atoms with Gasteiger partial charge in [-0.15, -0.1) is 0 Å². The van der Waals surface area contributed by atoms with Gasteiger partial charge in [0.2, 0.25) is 10.0 Å². The van der Waals surface area contributed by atoms with E-state index in [0.29, 0.717) is 16.9 Å². The predicted molar refractivity (Wildman–Crippen MR) is 106 cm³/mol. The van der Waals surface area contributed by atoms with E-state index < -0.39 is 21.7 Å². The molecule has 0 saturated heterocycles. The first kappa shape index (κ1) is 20.8. The number of halogens is 1. The molecular weight excluding hydrogens is 395 g/mol. The van der Waals surface area contributed by atoms with Gasteiger partial charge in [-0.25, -0.2) is 17.5 Å². The normalized spacial score (nSPS) is 11.4. The number of carbonyl (C=O) groups excluding carboxylic acids is 1. The maximum absolute atomic E-state index is 13.9. The maximum atomic E-state index is 13.9. The van der Waals surface area contributed by atoms with E-state index in [9.17, 15) is 17.6 Å². The number of benzene rings is 2. The van der Waals surface area contributed by atoms with Crippen LogP contribution in [-0.4, -0.2) is 26.3 Å². The smallest absolute Gasteiger partial charge is 0.254 e. The second-order valence-corrected chi connectivity index (χ2v) is 8.40. The van der Waals surface area contributed by atoms with Crippen molar-refractivity contribution in [1.82, 2.24) is 9.62 Å². The van der Waals surface area contributed by atoms with Crippen LogP contribution in [0.25, 0.3) is 0 Å². The number of sulfonamides is 1. The molecule has 0 aliphatic carbocycles. The lowest BCUT2D eigenvalue weighted by Crippen LogP contribution is -2.28. The minimum Gasteiger partial charge on any atom is -0.468 e. The lowest BCUT2D eigenvalue weighted by atomic mass is 10.1. The Morgan fingerprint density at radius 1 is 1.14 bits per heavy atom. The number of carbonyl (C=O) groups is 1. The number of hydrogen-bond donors (Lipinski definition) is 1. The predicted octanol–water partition coefficient (Wildman–Crippen LogP) is 3.48. The molecule has 1 heterocycles. The van der Waals surface area contributed by atoms with E-state index >= 15 is 0 Å². The van der Waals surface area contributed by atoms with Gasteiger partial charge < -0.3 is 9.32 Å². The molecule has 1 aromatic heterocycles. The zero-order valence-corrected chi connectivity index (χ0v) is 16.9. The summed E-state index contributed by atoms with van der Waals surface area (Å²) in [5.74, 6) is -0.322. The molecular formula is C21H21FN2O4S. The molecule has 0 unspecified atom stereocenters. The number of furan rings is 1.